The lowest BCUT2D eigenvalue weighted by atomic mass is 9.84. The lowest BCUT2D eigenvalue weighted by molar-refractivity contribution is -0.122. The van der Waals surface area contributed by atoms with E-state index in [1.54, 1.807) is 0 Å². The van der Waals surface area contributed by atoms with Crippen molar-refractivity contribution in [3.8, 4) is 0 Å². The van der Waals surface area contributed by atoms with Crippen LogP contribution in [-0.2, 0) is 11.2 Å². The summed E-state index contributed by atoms with van der Waals surface area (Å²) < 4.78 is 0. The van der Waals surface area contributed by atoms with Crippen LogP contribution in [0.1, 0.15) is 49.7 Å². The van der Waals surface area contributed by atoms with Gasteiger partial charge in [-0.2, -0.15) is 0 Å². The molecule has 3 N–H and O–H groups in total. The second-order valence-corrected chi connectivity index (χ2v) is 6.29. The van der Waals surface area contributed by atoms with Crippen molar-refractivity contribution in [2.24, 2.45) is 11.7 Å². The smallest absolute Gasteiger partial charge is 0.220 e. The van der Waals surface area contributed by atoms with E-state index >= 15 is 0 Å². The molecule has 21 heavy (non-hydrogen) atoms. The van der Waals surface area contributed by atoms with Crippen LogP contribution in [0.25, 0.3) is 0 Å². The zero-order valence-corrected chi connectivity index (χ0v) is 13.1. The molecule has 1 aliphatic carbocycles. The third-order valence-corrected chi connectivity index (χ3v) is 4.55. The minimum absolute atomic E-state index is 0.187. The van der Waals surface area contributed by atoms with E-state index in [9.17, 15) is 4.79 Å². The van der Waals surface area contributed by atoms with Crippen molar-refractivity contribution in [2.75, 3.05) is 6.54 Å². The highest BCUT2D eigenvalue weighted by molar-refractivity contribution is 5.76. The monoisotopic (exact) mass is 288 g/mol. The summed E-state index contributed by atoms with van der Waals surface area (Å²) in [5, 5.41) is 3.20. The standard InChI is InChI=1S/C18H28N2O/c1-14-9-11-15(12-10-14)5-4-8-18(21)20-17-7-3-2-6-16(17)13-19/h9-12,16-17H,2-8,13,19H2,1H3,(H,20,21). The Morgan fingerprint density at radius 1 is 1.24 bits per heavy atom. The van der Waals surface area contributed by atoms with E-state index < -0.39 is 0 Å². The molecule has 1 amide bonds. The van der Waals surface area contributed by atoms with Crippen molar-refractivity contribution in [1.82, 2.24) is 5.32 Å². The van der Waals surface area contributed by atoms with Gasteiger partial charge in [-0.3, -0.25) is 4.79 Å². The second kappa shape index (κ2) is 8.18. The summed E-state index contributed by atoms with van der Waals surface area (Å²) in [4.78, 5) is 12.1. The molecule has 1 aromatic rings. The van der Waals surface area contributed by atoms with Crippen molar-refractivity contribution in [3.05, 3.63) is 35.4 Å². The molecule has 3 nitrogen and oxygen atoms in total. The van der Waals surface area contributed by atoms with Crippen LogP contribution in [0.5, 0.6) is 0 Å². The van der Waals surface area contributed by atoms with Crippen molar-refractivity contribution >= 4 is 5.91 Å². The summed E-state index contributed by atoms with van der Waals surface area (Å²) in [6.45, 7) is 2.78. The fourth-order valence-electron chi connectivity index (χ4n) is 3.17. The normalized spacial score (nSPS) is 22.0. The Bertz CT molecular complexity index is 441. The first-order chi connectivity index (χ1) is 10.2. The highest BCUT2D eigenvalue weighted by Gasteiger charge is 2.24. The number of hydrogen-bond acceptors (Lipinski definition) is 2. The fourth-order valence-corrected chi connectivity index (χ4v) is 3.17. The Balaban J connectivity index is 1.70. The Morgan fingerprint density at radius 2 is 1.95 bits per heavy atom. The zero-order valence-electron chi connectivity index (χ0n) is 13.1. The van der Waals surface area contributed by atoms with Gasteiger partial charge < -0.3 is 11.1 Å². The predicted molar refractivity (Wildman–Crippen MR) is 87.1 cm³/mol. The lowest BCUT2D eigenvalue weighted by Gasteiger charge is -2.31. The average Bonchev–Trinajstić information content (AvgIpc) is 2.50. The van der Waals surface area contributed by atoms with Crippen LogP contribution in [0.3, 0.4) is 0 Å². The number of hydrogen-bond donors (Lipinski definition) is 2. The third-order valence-electron chi connectivity index (χ3n) is 4.55. The first kappa shape index (κ1) is 16.0. The average molecular weight is 288 g/mol. The molecular formula is C18H28N2O. The van der Waals surface area contributed by atoms with Gasteiger partial charge in [0.1, 0.15) is 0 Å². The second-order valence-electron chi connectivity index (χ2n) is 6.29. The molecule has 1 fully saturated rings. The van der Waals surface area contributed by atoms with Crippen LogP contribution in [0.2, 0.25) is 0 Å². The number of amides is 1. The summed E-state index contributed by atoms with van der Waals surface area (Å²) in [6.07, 6.45) is 7.21. The number of rotatable bonds is 6. The van der Waals surface area contributed by atoms with E-state index in [-0.39, 0.29) is 5.91 Å². The first-order valence-corrected chi connectivity index (χ1v) is 8.24. The summed E-state index contributed by atoms with van der Waals surface area (Å²) in [5.74, 6) is 0.660. The Morgan fingerprint density at radius 3 is 2.67 bits per heavy atom. The number of nitrogens with two attached hydrogens (primary N) is 1. The molecular weight excluding hydrogens is 260 g/mol. The van der Waals surface area contributed by atoms with Gasteiger partial charge in [0.05, 0.1) is 0 Å². The SMILES string of the molecule is Cc1ccc(CCCC(=O)NC2CCCCC2CN)cc1. The topological polar surface area (TPSA) is 55.1 Å². The van der Waals surface area contributed by atoms with Crippen LogP contribution in [-0.4, -0.2) is 18.5 Å². The van der Waals surface area contributed by atoms with Crippen molar-refractivity contribution in [3.63, 3.8) is 0 Å². The summed E-state index contributed by atoms with van der Waals surface area (Å²) >= 11 is 0. The molecule has 0 spiro atoms. The van der Waals surface area contributed by atoms with Crippen LogP contribution in [0.15, 0.2) is 24.3 Å². The number of carbonyl (C=O) groups excluding carboxylic acids is 1. The highest BCUT2D eigenvalue weighted by atomic mass is 16.1. The Hall–Kier alpha value is -1.35. The summed E-state index contributed by atoms with van der Waals surface area (Å²) in [6, 6.07) is 8.86. The zero-order chi connectivity index (χ0) is 15.1. The van der Waals surface area contributed by atoms with Crippen molar-refractivity contribution < 1.29 is 4.79 Å². The molecule has 0 bridgehead atoms. The predicted octanol–water partition coefficient (Wildman–Crippen LogP) is 2.95. The van der Waals surface area contributed by atoms with Gasteiger partial charge in [0.15, 0.2) is 0 Å². The molecule has 2 unspecified atom stereocenters. The molecule has 2 rings (SSSR count). The van der Waals surface area contributed by atoms with Gasteiger partial charge in [0.25, 0.3) is 0 Å². The number of carbonyl (C=O) groups is 1. The largest absolute Gasteiger partial charge is 0.353 e. The molecule has 0 aliphatic heterocycles. The maximum Gasteiger partial charge on any atom is 0.220 e. The molecule has 116 valence electrons. The number of nitrogens with one attached hydrogen (secondary N) is 1. The van der Waals surface area contributed by atoms with Crippen molar-refractivity contribution in [2.45, 2.75) is 57.9 Å². The van der Waals surface area contributed by atoms with E-state index in [4.69, 9.17) is 5.73 Å². The number of benzene rings is 1. The van der Waals surface area contributed by atoms with Gasteiger partial charge in [-0.05, 0) is 50.6 Å². The molecule has 3 heteroatoms. The molecule has 1 aromatic carbocycles. The molecule has 2 atom stereocenters. The Labute approximate surface area is 128 Å². The van der Waals surface area contributed by atoms with Gasteiger partial charge in [-0.1, -0.05) is 42.7 Å². The van der Waals surface area contributed by atoms with E-state index in [2.05, 4.69) is 36.5 Å². The number of aryl methyl sites for hydroxylation is 2. The third kappa shape index (κ3) is 5.16. The molecule has 0 saturated heterocycles. The van der Waals surface area contributed by atoms with Gasteiger partial charge in [-0.25, -0.2) is 0 Å². The van der Waals surface area contributed by atoms with Gasteiger partial charge in [0.2, 0.25) is 5.91 Å². The maximum absolute atomic E-state index is 12.1. The fraction of sp³-hybridized carbons (Fsp3) is 0.611. The van der Waals surface area contributed by atoms with Gasteiger partial charge >= 0.3 is 0 Å². The van der Waals surface area contributed by atoms with Crippen LogP contribution >= 0.6 is 0 Å². The highest BCUT2D eigenvalue weighted by Crippen LogP contribution is 2.23. The molecule has 0 aromatic heterocycles. The van der Waals surface area contributed by atoms with Gasteiger partial charge in [0, 0.05) is 12.5 Å². The van der Waals surface area contributed by atoms with E-state index in [1.165, 1.54) is 24.0 Å². The summed E-state index contributed by atoms with van der Waals surface area (Å²) in [7, 11) is 0. The van der Waals surface area contributed by atoms with E-state index in [1.807, 2.05) is 0 Å². The van der Waals surface area contributed by atoms with E-state index in [0.717, 1.165) is 25.7 Å². The Kier molecular flexibility index (Phi) is 6.24. The van der Waals surface area contributed by atoms with Crippen LogP contribution < -0.4 is 11.1 Å². The molecule has 1 saturated carbocycles. The van der Waals surface area contributed by atoms with Crippen LogP contribution in [0, 0.1) is 12.8 Å². The first-order valence-electron chi connectivity index (χ1n) is 8.24. The van der Waals surface area contributed by atoms with Gasteiger partial charge in [-0.15, -0.1) is 0 Å². The van der Waals surface area contributed by atoms with Crippen molar-refractivity contribution in [1.29, 1.82) is 0 Å². The molecule has 0 heterocycles. The quantitative estimate of drug-likeness (QED) is 0.845. The minimum Gasteiger partial charge on any atom is -0.353 e. The lowest BCUT2D eigenvalue weighted by Crippen LogP contribution is -2.44. The molecule has 1 aliphatic rings. The minimum atomic E-state index is 0.187. The summed E-state index contributed by atoms with van der Waals surface area (Å²) in [5.41, 5.74) is 8.40. The van der Waals surface area contributed by atoms with Crippen LogP contribution in [0.4, 0.5) is 0 Å². The maximum atomic E-state index is 12.1. The molecule has 0 radical (unpaired) electrons. The van der Waals surface area contributed by atoms with E-state index in [0.29, 0.717) is 24.9 Å².